The largest absolute Gasteiger partial charge is 0.388 e. The van der Waals surface area contributed by atoms with E-state index in [-0.39, 0.29) is 0 Å². The predicted molar refractivity (Wildman–Crippen MR) is 116 cm³/mol. The number of allylic oxidation sites excluding steroid dienone is 1. The van der Waals surface area contributed by atoms with E-state index in [0.29, 0.717) is 0 Å². The fourth-order valence-electron chi connectivity index (χ4n) is 3.90. The Labute approximate surface area is 164 Å². The summed E-state index contributed by atoms with van der Waals surface area (Å²) >= 11 is 0. The van der Waals surface area contributed by atoms with Gasteiger partial charge in [0.15, 0.2) is 0 Å². The second kappa shape index (κ2) is 9.70. The maximum Gasteiger partial charge on any atom is 0.0401 e. The average Bonchev–Trinajstić information content (AvgIpc) is 2.94. The van der Waals surface area contributed by atoms with Gasteiger partial charge in [0.05, 0.1) is 0 Å². The number of rotatable bonds is 7. The van der Waals surface area contributed by atoms with Gasteiger partial charge in [-0.2, -0.15) is 0 Å². The zero-order chi connectivity index (χ0) is 19.1. The van der Waals surface area contributed by atoms with E-state index in [2.05, 4.69) is 66.0 Å². The first-order chi connectivity index (χ1) is 13.2. The minimum absolute atomic E-state index is 0.982. The number of nitrogens with one attached hydrogen (secondary N) is 2. The minimum atomic E-state index is 0.982. The summed E-state index contributed by atoms with van der Waals surface area (Å²) < 4.78 is 0. The summed E-state index contributed by atoms with van der Waals surface area (Å²) in [6, 6.07) is 11.1. The van der Waals surface area contributed by atoms with Crippen molar-refractivity contribution >= 4 is 11.3 Å². The van der Waals surface area contributed by atoms with E-state index in [1.165, 1.54) is 59.3 Å². The summed E-state index contributed by atoms with van der Waals surface area (Å²) in [6.07, 6.45) is 8.98. The lowest BCUT2D eigenvalue weighted by Gasteiger charge is -2.17. The third-order valence-corrected chi connectivity index (χ3v) is 5.60. The second-order valence-corrected chi connectivity index (χ2v) is 7.51. The van der Waals surface area contributed by atoms with E-state index in [4.69, 9.17) is 0 Å². The Hall–Kier alpha value is -2.13. The molecule has 2 N–H and O–H groups in total. The van der Waals surface area contributed by atoms with Gasteiger partial charge < -0.3 is 10.6 Å². The van der Waals surface area contributed by atoms with Crippen LogP contribution in [-0.2, 0) is 12.8 Å². The van der Waals surface area contributed by atoms with Crippen LogP contribution in [0.2, 0.25) is 0 Å². The Balaban J connectivity index is 1.76. The van der Waals surface area contributed by atoms with E-state index in [1.54, 1.807) is 5.57 Å². The van der Waals surface area contributed by atoms with Gasteiger partial charge >= 0.3 is 0 Å². The minimum Gasteiger partial charge on any atom is -0.388 e. The lowest BCUT2D eigenvalue weighted by molar-refractivity contribution is 0.700. The highest BCUT2D eigenvalue weighted by Gasteiger charge is 2.15. The molecule has 1 aliphatic rings. The van der Waals surface area contributed by atoms with Crippen LogP contribution in [0.4, 0.5) is 5.69 Å². The van der Waals surface area contributed by atoms with E-state index in [1.807, 2.05) is 7.05 Å². The molecule has 1 aromatic heterocycles. The molecule has 1 aromatic carbocycles. The smallest absolute Gasteiger partial charge is 0.0401 e. The number of hydrogen-bond donors (Lipinski definition) is 2. The Morgan fingerprint density at radius 1 is 1.15 bits per heavy atom. The van der Waals surface area contributed by atoms with Crippen molar-refractivity contribution in [2.24, 2.45) is 0 Å². The molecule has 1 aliphatic heterocycles. The van der Waals surface area contributed by atoms with Gasteiger partial charge in [-0.25, -0.2) is 0 Å². The van der Waals surface area contributed by atoms with Gasteiger partial charge in [0.1, 0.15) is 0 Å². The highest BCUT2D eigenvalue weighted by atomic mass is 14.9. The Bertz CT molecular complexity index is 775. The van der Waals surface area contributed by atoms with E-state index >= 15 is 0 Å². The second-order valence-electron chi connectivity index (χ2n) is 7.51. The molecule has 2 heterocycles. The molecule has 3 nitrogen and oxygen atoms in total. The van der Waals surface area contributed by atoms with Crippen molar-refractivity contribution in [2.75, 3.05) is 25.5 Å². The SMILES string of the molecule is CCc1ccc(CCCC2=C(c3cc(NC)ccc3C)CNCCC2)cn1. The van der Waals surface area contributed by atoms with Gasteiger partial charge in [-0.05, 0) is 92.5 Å². The first-order valence-electron chi connectivity index (χ1n) is 10.4. The van der Waals surface area contributed by atoms with Gasteiger partial charge in [-0.3, -0.25) is 4.98 Å². The van der Waals surface area contributed by atoms with Gasteiger partial charge in [-0.15, -0.1) is 0 Å². The molecule has 0 saturated carbocycles. The lowest BCUT2D eigenvalue weighted by Crippen LogP contribution is -2.16. The predicted octanol–water partition coefficient (Wildman–Crippen LogP) is 5.15. The van der Waals surface area contributed by atoms with Crippen molar-refractivity contribution < 1.29 is 0 Å². The molecule has 2 aromatic rings. The Morgan fingerprint density at radius 3 is 2.78 bits per heavy atom. The van der Waals surface area contributed by atoms with Crippen LogP contribution in [-0.4, -0.2) is 25.1 Å². The molecule has 0 spiro atoms. The van der Waals surface area contributed by atoms with Crippen LogP contribution < -0.4 is 10.6 Å². The average molecular weight is 364 g/mol. The van der Waals surface area contributed by atoms with E-state index in [0.717, 1.165) is 25.9 Å². The van der Waals surface area contributed by atoms with Crippen LogP contribution in [0, 0.1) is 6.92 Å². The summed E-state index contributed by atoms with van der Waals surface area (Å²) in [7, 11) is 1.99. The molecule has 0 unspecified atom stereocenters. The Kier molecular flexibility index (Phi) is 7.05. The van der Waals surface area contributed by atoms with Crippen LogP contribution in [0.1, 0.15) is 55.0 Å². The molecule has 0 saturated heterocycles. The zero-order valence-electron chi connectivity index (χ0n) is 17.1. The molecule has 0 atom stereocenters. The lowest BCUT2D eigenvalue weighted by atomic mass is 9.91. The van der Waals surface area contributed by atoms with Gasteiger partial charge in [-0.1, -0.05) is 24.6 Å². The molecule has 0 radical (unpaired) electrons. The van der Waals surface area contributed by atoms with Crippen molar-refractivity contribution in [3.8, 4) is 0 Å². The normalized spacial score (nSPS) is 14.9. The maximum atomic E-state index is 4.54. The first-order valence-corrected chi connectivity index (χ1v) is 10.4. The first kappa shape index (κ1) is 19.6. The van der Waals surface area contributed by atoms with Crippen molar-refractivity contribution in [1.29, 1.82) is 0 Å². The van der Waals surface area contributed by atoms with Crippen LogP contribution in [0.25, 0.3) is 5.57 Å². The van der Waals surface area contributed by atoms with Crippen molar-refractivity contribution in [3.63, 3.8) is 0 Å². The molecular weight excluding hydrogens is 330 g/mol. The van der Waals surface area contributed by atoms with Crippen molar-refractivity contribution in [1.82, 2.24) is 10.3 Å². The number of pyridine rings is 1. The molecule has 0 fully saturated rings. The monoisotopic (exact) mass is 363 g/mol. The molecule has 144 valence electrons. The summed E-state index contributed by atoms with van der Waals surface area (Å²) in [5.41, 5.74) is 9.64. The number of aryl methyl sites for hydroxylation is 3. The summed E-state index contributed by atoms with van der Waals surface area (Å²) in [6.45, 7) is 6.47. The molecule has 0 bridgehead atoms. The third-order valence-electron chi connectivity index (χ3n) is 5.60. The highest BCUT2D eigenvalue weighted by molar-refractivity contribution is 5.75. The number of hydrogen-bond acceptors (Lipinski definition) is 3. The van der Waals surface area contributed by atoms with Gasteiger partial charge in [0, 0.05) is 31.2 Å². The number of aromatic nitrogens is 1. The number of benzene rings is 1. The number of anilines is 1. The fourth-order valence-corrected chi connectivity index (χ4v) is 3.90. The zero-order valence-corrected chi connectivity index (χ0v) is 17.1. The summed E-state index contributed by atoms with van der Waals surface area (Å²) in [4.78, 5) is 4.54. The van der Waals surface area contributed by atoms with Crippen LogP contribution in [0.5, 0.6) is 0 Å². The Morgan fingerprint density at radius 2 is 2.04 bits per heavy atom. The summed E-state index contributed by atoms with van der Waals surface area (Å²) in [5, 5.41) is 6.91. The molecule has 0 aliphatic carbocycles. The molecule has 0 amide bonds. The van der Waals surface area contributed by atoms with Crippen LogP contribution >= 0.6 is 0 Å². The highest BCUT2D eigenvalue weighted by Crippen LogP contribution is 2.30. The van der Waals surface area contributed by atoms with Gasteiger partial charge in [0.2, 0.25) is 0 Å². The quantitative estimate of drug-likeness (QED) is 0.714. The topological polar surface area (TPSA) is 37.0 Å². The molecular formula is C24H33N3. The van der Waals surface area contributed by atoms with Crippen LogP contribution in [0.3, 0.4) is 0 Å². The molecule has 3 heteroatoms. The standard InChI is InChI=1S/C24H33N3/c1-4-21-13-11-19(16-27-21)7-5-8-20-9-6-14-26-17-24(20)23-15-22(25-3)12-10-18(23)2/h10-13,15-16,25-26H,4-9,14,17H2,1-3H3. The molecule has 3 rings (SSSR count). The summed E-state index contributed by atoms with van der Waals surface area (Å²) in [5.74, 6) is 0. The number of nitrogens with zero attached hydrogens (tertiary/aromatic N) is 1. The van der Waals surface area contributed by atoms with Crippen molar-refractivity contribution in [3.05, 3.63) is 64.5 Å². The van der Waals surface area contributed by atoms with E-state index in [9.17, 15) is 0 Å². The third kappa shape index (κ3) is 5.20. The van der Waals surface area contributed by atoms with Crippen molar-refractivity contribution in [2.45, 2.75) is 52.4 Å². The van der Waals surface area contributed by atoms with Gasteiger partial charge in [0.25, 0.3) is 0 Å². The van der Waals surface area contributed by atoms with Crippen LogP contribution in [0.15, 0.2) is 42.1 Å². The molecule has 27 heavy (non-hydrogen) atoms. The van der Waals surface area contributed by atoms with E-state index < -0.39 is 0 Å². The maximum absolute atomic E-state index is 4.54. The fraction of sp³-hybridized carbons (Fsp3) is 0.458.